The zero-order valence-corrected chi connectivity index (χ0v) is 11.1. The fourth-order valence-electron chi connectivity index (χ4n) is 2.44. The Labute approximate surface area is 114 Å². The predicted molar refractivity (Wildman–Crippen MR) is 76.4 cm³/mol. The summed E-state index contributed by atoms with van der Waals surface area (Å²) in [5, 5.41) is 0. The maximum atomic E-state index is 5.78. The first kappa shape index (κ1) is 11.2. The minimum atomic E-state index is 0.513. The zero-order valence-electron chi connectivity index (χ0n) is 11.1. The van der Waals surface area contributed by atoms with Gasteiger partial charge in [0, 0.05) is 5.56 Å². The third kappa shape index (κ3) is 1.53. The van der Waals surface area contributed by atoms with Crippen LogP contribution < -0.4 is 0 Å². The molecule has 0 atom stereocenters. The number of aryl methyl sites for hydroxylation is 2. The van der Waals surface area contributed by atoms with Crippen LogP contribution in [-0.2, 0) is 0 Å². The largest absolute Gasteiger partial charge is 0.418 e. The van der Waals surface area contributed by atoms with E-state index in [-0.39, 0.29) is 0 Å². The fraction of sp³-hybridized carbons (Fsp3) is 0.133. The lowest BCUT2D eigenvalue weighted by Gasteiger charge is -2.01. The van der Waals surface area contributed by atoms with Crippen molar-refractivity contribution in [2.75, 3.05) is 0 Å². The van der Waals surface area contributed by atoms with E-state index in [0.29, 0.717) is 17.1 Å². The number of aromatic amines is 1. The van der Waals surface area contributed by atoms with Crippen molar-refractivity contribution >= 4 is 22.3 Å². The van der Waals surface area contributed by atoms with E-state index in [4.69, 9.17) is 4.42 Å². The van der Waals surface area contributed by atoms with Crippen LogP contribution in [-0.4, -0.2) is 19.9 Å². The van der Waals surface area contributed by atoms with Gasteiger partial charge in [0.2, 0.25) is 11.6 Å². The van der Waals surface area contributed by atoms with Crippen LogP contribution in [0.5, 0.6) is 0 Å². The standard InChI is InChI=1S/C15H12N4O/c1-8-3-4-10(9(2)5-8)14-19-13-12-11(17-7-18-12)6-16-15(13)20-14/h3-7H,1-2H3,(H,17,18). The summed E-state index contributed by atoms with van der Waals surface area (Å²) in [5.41, 5.74) is 6.19. The van der Waals surface area contributed by atoms with Gasteiger partial charge in [-0.3, -0.25) is 0 Å². The molecule has 3 aromatic heterocycles. The average Bonchev–Trinajstić information content (AvgIpc) is 3.03. The van der Waals surface area contributed by atoms with E-state index in [0.717, 1.165) is 22.2 Å². The molecule has 0 saturated heterocycles. The number of nitrogens with one attached hydrogen (secondary N) is 1. The van der Waals surface area contributed by atoms with Gasteiger partial charge in [0.1, 0.15) is 5.52 Å². The minimum Gasteiger partial charge on any atom is -0.418 e. The molecule has 0 bridgehead atoms. The molecule has 0 amide bonds. The number of aromatic nitrogens is 4. The molecule has 0 fully saturated rings. The number of imidazole rings is 1. The second kappa shape index (κ2) is 3.90. The van der Waals surface area contributed by atoms with Crippen LogP contribution in [0.25, 0.3) is 33.7 Å². The summed E-state index contributed by atoms with van der Waals surface area (Å²) in [6.45, 7) is 4.12. The topological polar surface area (TPSA) is 67.6 Å². The lowest BCUT2D eigenvalue weighted by Crippen LogP contribution is -1.84. The van der Waals surface area contributed by atoms with Gasteiger partial charge in [-0.15, -0.1) is 0 Å². The van der Waals surface area contributed by atoms with Crippen LogP contribution in [0.4, 0.5) is 0 Å². The number of fused-ring (bicyclic) bond motifs is 3. The Morgan fingerprint density at radius 1 is 1.10 bits per heavy atom. The quantitative estimate of drug-likeness (QED) is 0.572. The second-order valence-electron chi connectivity index (χ2n) is 4.91. The number of hydrogen-bond acceptors (Lipinski definition) is 4. The van der Waals surface area contributed by atoms with Crippen LogP contribution in [0.3, 0.4) is 0 Å². The van der Waals surface area contributed by atoms with E-state index in [1.807, 2.05) is 6.07 Å². The van der Waals surface area contributed by atoms with Gasteiger partial charge in [-0.05, 0) is 25.5 Å². The summed E-state index contributed by atoms with van der Waals surface area (Å²) in [5.74, 6) is 0.584. The average molecular weight is 264 g/mol. The van der Waals surface area contributed by atoms with Crippen molar-refractivity contribution < 1.29 is 4.42 Å². The van der Waals surface area contributed by atoms with Gasteiger partial charge in [-0.25, -0.2) is 15.0 Å². The maximum Gasteiger partial charge on any atom is 0.249 e. The highest BCUT2D eigenvalue weighted by Gasteiger charge is 2.14. The number of benzene rings is 1. The maximum absolute atomic E-state index is 5.78. The van der Waals surface area contributed by atoms with Crippen molar-refractivity contribution in [3.05, 3.63) is 41.9 Å². The van der Waals surface area contributed by atoms with Gasteiger partial charge in [-0.2, -0.15) is 0 Å². The highest BCUT2D eigenvalue weighted by molar-refractivity contribution is 5.97. The molecule has 0 aliphatic heterocycles. The van der Waals surface area contributed by atoms with Crippen LogP contribution in [0.1, 0.15) is 11.1 Å². The normalized spacial score (nSPS) is 11.5. The SMILES string of the molecule is Cc1ccc(-c2nc3c(ncc4[nH]cnc43)o2)c(C)c1. The molecule has 4 aromatic rings. The number of rotatable bonds is 1. The van der Waals surface area contributed by atoms with Gasteiger partial charge in [0.15, 0.2) is 5.52 Å². The summed E-state index contributed by atoms with van der Waals surface area (Å²) in [4.78, 5) is 16.1. The summed E-state index contributed by atoms with van der Waals surface area (Å²) in [7, 11) is 0. The van der Waals surface area contributed by atoms with E-state index >= 15 is 0 Å². The molecule has 4 rings (SSSR count). The summed E-state index contributed by atoms with van der Waals surface area (Å²) < 4.78 is 5.78. The monoisotopic (exact) mass is 264 g/mol. The number of hydrogen-bond donors (Lipinski definition) is 1. The summed E-state index contributed by atoms with van der Waals surface area (Å²) in [6.07, 6.45) is 3.35. The molecule has 1 N–H and O–H groups in total. The first-order valence-corrected chi connectivity index (χ1v) is 6.38. The molecule has 0 radical (unpaired) electrons. The lowest BCUT2D eigenvalue weighted by atomic mass is 10.1. The van der Waals surface area contributed by atoms with Crippen molar-refractivity contribution in [1.29, 1.82) is 0 Å². The van der Waals surface area contributed by atoms with Crippen molar-refractivity contribution in [2.45, 2.75) is 13.8 Å². The van der Waals surface area contributed by atoms with E-state index in [9.17, 15) is 0 Å². The van der Waals surface area contributed by atoms with E-state index in [1.165, 1.54) is 5.56 Å². The number of oxazole rings is 1. The molecule has 98 valence electrons. The second-order valence-corrected chi connectivity index (χ2v) is 4.91. The highest BCUT2D eigenvalue weighted by Crippen LogP contribution is 2.28. The molecule has 1 aromatic carbocycles. The minimum absolute atomic E-state index is 0.513. The van der Waals surface area contributed by atoms with Gasteiger partial charge in [-0.1, -0.05) is 17.7 Å². The predicted octanol–water partition coefficient (Wildman–Crippen LogP) is 3.38. The smallest absolute Gasteiger partial charge is 0.249 e. The van der Waals surface area contributed by atoms with E-state index in [1.54, 1.807) is 12.5 Å². The van der Waals surface area contributed by atoms with Gasteiger partial charge in [0.05, 0.1) is 18.0 Å². The molecule has 5 nitrogen and oxygen atoms in total. The first-order chi connectivity index (χ1) is 9.72. The van der Waals surface area contributed by atoms with Crippen molar-refractivity contribution in [1.82, 2.24) is 19.9 Å². The third-order valence-electron chi connectivity index (χ3n) is 3.43. The van der Waals surface area contributed by atoms with Gasteiger partial charge in [0.25, 0.3) is 0 Å². The Hall–Kier alpha value is -2.69. The Morgan fingerprint density at radius 3 is 2.85 bits per heavy atom. The number of H-pyrrole nitrogens is 1. The van der Waals surface area contributed by atoms with Gasteiger partial charge >= 0.3 is 0 Å². The van der Waals surface area contributed by atoms with Crippen LogP contribution >= 0.6 is 0 Å². The van der Waals surface area contributed by atoms with Crippen LogP contribution in [0.15, 0.2) is 35.1 Å². The molecule has 5 heteroatoms. The van der Waals surface area contributed by atoms with E-state index < -0.39 is 0 Å². The Kier molecular flexibility index (Phi) is 2.18. The molecular formula is C15H12N4O. The summed E-state index contributed by atoms with van der Waals surface area (Å²) >= 11 is 0. The van der Waals surface area contributed by atoms with E-state index in [2.05, 4.69) is 45.9 Å². The molecule has 3 heterocycles. The van der Waals surface area contributed by atoms with Crippen molar-refractivity contribution in [2.24, 2.45) is 0 Å². The fourth-order valence-corrected chi connectivity index (χ4v) is 2.44. The van der Waals surface area contributed by atoms with Gasteiger partial charge < -0.3 is 9.40 Å². The molecule has 0 saturated carbocycles. The summed E-state index contributed by atoms with van der Waals surface area (Å²) in [6, 6.07) is 6.19. The lowest BCUT2D eigenvalue weighted by molar-refractivity contribution is 0.607. The highest BCUT2D eigenvalue weighted by atomic mass is 16.4. The molecule has 0 aliphatic carbocycles. The Balaban J connectivity index is 2.00. The molecule has 0 unspecified atom stereocenters. The van der Waals surface area contributed by atoms with Crippen LogP contribution in [0.2, 0.25) is 0 Å². The molecule has 0 aliphatic rings. The van der Waals surface area contributed by atoms with Crippen molar-refractivity contribution in [3.8, 4) is 11.5 Å². The van der Waals surface area contributed by atoms with Crippen LogP contribution in [0, 0.1) is 13.8 Å². The molecule has 20 heavy (non-hydrogen) atoms. The number of pyridine rings is 1. The molecule has 0 spiro atoms. The number of nitrogens with zero attached hydrogens (tertiary/aromatic N) is 3. The Bertz CT molecular complexity index is 936. The Morgan fingerprint density at radius 2 is 2.00 bits per heavy atom. The third-order valence-corrected chi connectivity index (χ3v) is 3.43. The first-order valence-electron chi connectivity index (χ1n) is 6.38. The molecular weight excluding hydrogens is 252 g/mol. The van der Waals surface area contributed by atoms with Crippen molar-refractivity contribution in [3.63, 3.8) is 0 Å². The zero-order chi connectivity index (χ0) is 13.7.